The molecule has 2 amide bonds. The smallest absolute Gasteiger partial charge is 0.410 e. The van der Waals surface area contributed by atoms with E-state index < -0.39 is 5.60 Å². The molecule has 1 aliphatic carbocycles. The molecule has 1 N–H and O–H groups in total. The fourth-order valence-corrected chi connectivity index (χ4v) is 7.91. The fraction of sp³-hybridized carbons (Fsp3) is 0.525. The van der Waals surface area contributed by atoms with Crippen LogP contribution in [0.4, 0.5) is 16.2 Å². The Morgan fingerprint density at radius 2 is 1.65 bits per heavy atom. The lowest BCUT2D eigenvalue weighted by Crippen LogP contribution is -2.59. The Balaban J connectivity index is 0.902. The summed E-state index contributed by atoms with van der Waals surface area (Å²) in [5.41, 5.74) is 3.16. The van der Waals surface area contributed by atoms with E-state index in [-0.39, 0.29) is 35.8 Å². The van der Waals surface area contributed by atoms with Gasteiger partial charge in [0.1, 0.15) is 17.9 Å². The molecule has 4 heterocycles. The van der Waals surface area contributed by atoms with Crippen molar-refractivity contribution in [1.29, 1.82) is 0 Å². The molecule has 2 saturated heterocycles. The van der Waals surface area contributed by atoms with E-state index in [0.29, 0.717) is 48.9 Å². The normalized spacial score (nSPS) is 24.3. The van der Waals surface area contributed by atoms with Gasteiger partial charge in [-0.05, 0) is 95.7 Å². The maximum absolute atomic E-state index is 13.6. The number of pyridine rings is 1. The van der Waals surface area contributed by atoms with Crippen molar-refractivity contribution in [3.8, 4) is 5.88 Å². The number of ether oxygens (including phenoxy) is 3. The third-order valence-electron chi connectivity index (χ3n) is 10.7. The Morgan fingerprint density at radius 1 is 0.902 bits per heavy atom. The number of fused-ring (bicyclic) bond motifs is 1. The van der Waals surface area contributed by atoms with Gasteiger partial charge in [-0.2, -0.15) is 0 Å². The van der Waals surface area contributed by atoms with Gasteiger partial charge < -0.3 is 24.0 Å². The zero-order chi connectivity index (χ0) is 35.9. The number of piperidine rings is 1. The van der Waals surface area contributed by atoms with Crippen molar-refractivity contribution in [3.63, 3.8) is 0 Å². The molecule has 1 unspecified atom stereocenters. The van der Waals surface area contributed by atoms with Crippen LogP contribution in [0.3, 0.4) is 0 Å². The molecule has 0 radical (unpaired) electrons. The van der Waals surface area contributed by atoms with E-state index in [9.17, 15) is 14.4 Å². The SMILES string of the molecule is CC1c2cc(N3CCN(C4CC(OC5CCN(C(=O)OC(C)(C)C)CC5)C4)C[C@H]3C)ccc2C(=O)N1c1ccc(OCc2ccccc2)[nH]c1=O. The number of amides is 2. The molecule has 11 nitrogen and oxygen atoms in total. The highest BCUT2D eigenvalue weighted by atomic mass is 16.6. The van der Waals surface area contributed by atoms with E-state index in [1.54, 1.807) is 21.9 Å². The second-order valence-electron chi connectivity index (χ2n) is 15.5. The molecular weight excluding hydrogens is 646 g/mol. The van der Waals surface area contributed by atoms with Gasteiger partial charge in [-0.1, -0.05) is 30.3 Å². The lowest BCUT2D eigenvalue weighted by atomic mass is 9.86. The first-order chi connectivity index (χ1) is 24.4. The number of rotatable bonds is 8. The number of anilines is 2. The van der Waals surface area contributed by atoms with Crippen molar-refractivity contribution in [3.05, 3.63) is 87.7 Å². The van der Waals surface area contributed by atoms with Crippen LogP contribution in [0.25, 0.3) is 0 Å². The monoisotopic (exact) mass is 697 g/mol. The molecule has 2 atom stereocenters. The number of likely N-dealkylation sites (tertiary alicyclic amines) is 1. The Labute approximate surface area is 300 Å². The fourth-order valence-electron chi connectivity index (χ4n) is 7.91. The van der Waals surface area contributed by atoms with Crippen molar-refractivity contribution in [2.24, 2.45) is 0 Å². The molecule has 4 aliphatic rings. The summed E-state index contributed by atoms with van der Waals surface area (Å²) in [6.07, 6.45) is 4.06. The highest BCUT2D eigenvalue weighted by Crippen LogP contribution is 2.39. The molecule has 3 aromatic rings. The summed E-state index contributed by atoms with van der Waals surface area (Å²) >= 11 is 0. The summed E-state index contributed by atoms with van der Waals surface area (Å²) in [4.78, 5) is 50.4. The second-order valence-corrected chi connectivity index (χ2v) is 15.5. The zero-order valence-corrected chi connectivity index (χ0v) is 30.5. The molecule has 2 aromatic carbocycles. The number of benzene rings is 2. The van der Waals surface area contributed by atoms with E-state index in [1.807, 2.05) is 70.2 Å². The number of carbonyl (C=O) groups excluding carboxylic acids is 2. The minimum atomic E-state index is -0.479. The lowest BCUT2D eigenvalue weighted by Gasteiger charge is -2.49. The molecular formula is C40H51N5O6. The summed E-state index contributed by atoms with van der Waals surface area (Å²) in [7, 11) is 0. The molecule has 51 heavy (non-hydrogen) atoms. The average Bonchev–Trinajstić information content (AvgIpc) is 3.33. The third-order valence-corrected chi connectivity index (χ3v) is 10.7. The van der Waals surface area contributed by atoms with Crippen LogP contribution in [0.5, 0.6) is 5.88 Å². The summed E-state index contributed by atoms with van der Waals surface area (Å²) in [6.45, 7) is 14.5. The lowest BCUT2D eigenvalue weighted by molar-refractivity contribution is -0.104. The molecule has 0 bridgehead atoms. The first kappa shape index (κ1) is 35.1. The van der Waals surface area contributed by atoms with Crippen molar-refractivity contribution < 1.29 is 23.8 Å². The number of hydrogen-bond donors (Lipinski definition) is 1. The van der Waals surface area contributed by atoms with E-state index in [4.69, 9.17) is 14.2 Å². The van der Waals surface area contributed by atoms with Gasteiger partial charge in [0, 0.05) is 62.1 Å². The average molecular weight is 698 g/mol. The number of nitrogens with zero attached hydrogens (tertiary/aromatic N) is 4. The van der Waals surface area contributed by atoms with Crippen LogP contribution < -0.4 is 20.1 Å². The number of aromatic amines is 1. The number of hydrogen-bond acceptors (Lipinski definition) is 8. The van der Waals surface area contributed by atoms with E-state index >= 15 is 0 Å². The van der Waals surface area contributed by atoms with Crippen LogP contribution in [-0.4, -0.2) is 89.4 Å². The van der Waals surface area contributed by atoms with E-state index in [2.05, 4.69) is 27.8 Å². The summed E-state index contributed by atoms with van der Waals surface area (Å²) in [6, 6.07) is 19.8. The van der Waals surface area contributed by atoms with Crippen molar-refractivity contribution in [2.45, 2.75) is 103 Å². The predicted molar refractivity (Wildman–Crippen MR) is 197 cm³/mol. The Bertz CT molecular complexity index is 1780. The van der Waals surface area contributed by atoms with Crippen molar-refractivity contribution in [2.75, 3.05) is 42.5 Å². The molecule has 0 spiro atoms. The van der Waals surface area contributed by atoms with Gasteiger partial charge in [0.15, 0.2) is 5.88 Å². The summed E-state index contributed by atoms with van der Waals surface area (Å²) < 4.78 is 17.8. The first-order valence-corrected chi connectivity index (χ1v) is 18.4. The van der Waals surface area contributed by atoms with Gasteiger partial charge in [-0.25, -0.2) is 4.79 Å². The highest BCUT2D eigenvalue weighted by molar-refractivity contribution is 6.11. The molecule has 1 saturated carbocycles. The number of aromatic nitrogens is 1. The Morgan fingerprint density at radius 3 is 2.33 bits per heavy atom. The minimum absolute atomic E-state index is 0.166. The molecule has 272 valence electrons. The van der Waals surface area contributed by atoms with Gasteiger partial charge >= 0.3 is 6.09 Å². The second kappa shape index (κ2) is 14.3. The van der Waals surface area contributed by atoms with Crippen molar-refractivity contribution >= 4 is 23.4 Å². The Kier molecular flexibility index (Phi) is 9.86. The standard InChI is InChI=1S/C40H51N5O6/c1-26-24-43(30-21-32(22-30)50-31-15-17-42(18-16-31)39(48)51-40(3,4)5)19-20-44(26)29-11-12-33-34(23-29)27(2)45(38(33)47)35-13-14-36(41-37(35)46)49-25-28-9-7-6-8-10-28/h6-14,23,26-27,30-32H,15-22,24-25H2,1-5H3,(H,41,46)/t26-,27?,30?,32?/m1/s1. The van der Waals surface area contributed by atoms with Crippen LogP contribution in [0.1, 0.15) is 87.8 Å². The van der Waals surface area contributed by atoms with Crippen LogP contribution >= 0.6 is 0 Å². The maximum atomic E-state index is 13.6. The Hall–Kier alpha value is -4.35. The summed E-state index contributed by atoms with van der Waals surface area (Å²) in [5, 5.41) is 0. The summed E-state index contributed by atoms with van der Waals surface area (Å²) in [5.74, 6) is 0.197. The molecule has 1 aromatic heterocycles. The van der Waals surface area contributed by atoms with Crippen molar-refractivity contribution in [1.82, 2.24) is 14.8 Å². The number of carbonyl (C=O) groups is 2. The van der Waals surface area contributed by atoms with Crippen LogP contribution in [0, 0.1) is 0 Å². The minimum Gasteiger partial charge on any atom is -0.474 e. The van der Waals surface area contributed by atoms with E-state index in [0.717, 1.165) is 62.1 Å². The van der Waals surface area contributed by atoms with Crippen LogP contribution in [0.15, 0.2) is 65.5 Å². The van der Waals surface area contributed by atoms with Gasteiger partial charge in [0.2, 0.25) is 0 Å². The number of H-pyrrole nitrogens is 1. The quantitative estimate of drug-likeness (QED) is 0.300. The molecule has 3 aliphatic heterocycles. The number of piperazine rings is 1. The van der Waals surface area contributed by atoms with Gasteiger partial charge in [-0.15, -0.1) is 0 Å². The molecule has 11 heteroatoms. The molecule has 7 rings (SSSR count). The largest absolute Gasteiger partial charge is 0.474 e. The van der Waals surface area contributed by atoms with Gasteiger partial charge in [0.25, 0.3) is 11.5 Å². The predicted octanol–water partition coefficient (Wildman–Crippen LogP) is 6.13. The number of nitrogens with one attached hydrogen (secondary N) is 1. The van der Waals surface area contributed by atoms with Gasteiger partial charge in [0.05, 0.1) is 18.2 Å². The zero-order valence-electron chi connectivity index (χ0n) is 30.5. The third kappa shape index (κ3) is 7.65. The van der Waals surface area contributed by atoms with Crippen LogP contribution in [0.2, 0.25) is 0 Å². The molecule has 3 fully saturated rings. The van der Waals surface area contributed by atoms with E-state index in [1.165, 1.54) is 0 Å². The topological polar surface area (TPSA) is 108 Å². The van der Waals surface area contributed by atoms with Gasteiger partial charge in [-0.3, -0.25) is 24.4 Å². The highest BCUT2D eigenvalue weighted by Gasteiger charge is 2.40. The maximum Gasteiger partial charge on any atom is 0.410 e. The first-order valence-electron chi connectivity index (χ1n) is 18.4. The van der Waals surface area contributed by atoms with Crippen LogP contribution in [-0.2, 0) is 16.1 Å².